The van der Waals surface area contributed by atoms with Gasteiger partial charge in [-0.05, 0) is 0 Å². The fourth-order valence-corrected chi connectivity index (χ4v) is 1.11. The van der Waals surface area contributed by atoms with E-state index < -0.39 is 0 Å². The zero-order chi connectivity index (χ0) is 7.72. The summed E-state index contributed by atoms with van der Waals surface area (Å²) < 4.78 is 3.42. The molecule has 10 heavy (non-hydrogen) atoms. The molecule has 0 N–H and O–H groups in total. The van der Waals surface area contributed by atoms with Gasteiger partial charge < -0.3 is 4.90 Å². The van der Waals surface area contributed by atoms with Gasteiger partial charge >= 0.3 is 0 Å². The normalized spacial score (nSPS) is 23.1. The molecule has 1 aliphatic heterocycles. The lowest BCUT2D eigenvalue weighted by Gasteiger charge is -2.10. The maximum atomic E-state index is 10.9. The summed E-state index contributed by atoms with van der Waals surface area (Å²) in [7, 11) is 3.41. The number of hydrogen-bond acceptors (Lipinski definition) is 2. The number of carbonyl (C=O) groups is 1. The average molecular weight is 162 g/mol. The van der Waals surface area contributed by atoms with Crippen LogP contribution < -0.4 is 0 Å². The molecule has 0 aromatic heterocycles. The highest BCUT2D eigenvalue weighted by Crippen LogP contribution is 2.05. The molecule has 0 spiro atoms. The third kappa shape index (κ3) is 0.945. The Morgan fingerprint density at radius 3 is 2.40 bits per heavy atom. The summed E-state index contributed by atoms with van der Waals surface area (Å²) in [5, 5.41) is 0. The van der Waals surface area contributed by atoms with E-state index in [0.717, 1.165) is 0 Å². The first-order valence-corrected chi connectivity index (χ1v) is 3.17. The summed E-state index contributed by atoms with van der Waals surface area (Å²) in [6.45, 7) is 0.363. The summed E-state index contributed by atoms with van der Waals surface area (Å²) >= 11 is 5.22. The van der Waals surface area contributed by atoms with Crippen molar-refractivity contribution < 1.29 is 4.79 Å². The van der Waals surface area contributed by atoms with Gasteiger partial charge in [0.15, 0.2) is 0 Å². The number of nitrogens with zero attached hydrogens (tertiary/aromatic N) is 3. The second-order valence-electron chi connectivity index (χ2n) is 2.19. The highest BCUT2D eigenvalue weighted by molar-refractivity contribution is 6.21. The summed E-state index contributed by atoms with van der Waals surface area (Å²) in [5.41, 5.74) is 0. The molecule has 0 atom stereocenters. The van der Waals surface area contributed by atoms with Crippen LogP contribution in [0.3, 0.4) is 0 Å². The van der Waals surface area contributed by atoms with Crippen molar-refractivity contribution in [3.63, 3.8) is 0 Å². The van der Waals surface area contributed by atoms with Gasteiger partial charge in [0.05, 0.1) is 0 Å². The molecule has 1 fully saturated rings. The van der Waals surface area contributed by atoms with Crippen LogP contribution in [0, 0.1) is 0 Å². The largest absolute Gasteiger partial charge is 0.335 e. The molecular weight excluding hydrogens is 154 g/mol. The van der Waals surface area contributed by atoms with E-state index in [4.69, 9.17) is 11.8 Å². The van der Waals surface area contributed by atoms with Gasteiger partial charge in [-0.1, -0.05) is 0 Å². The second-order valence-corrected chi connectivity index (χ2v) is 2.36. The molecule has 0 radical (unpaired) electrons. The van der Waals surface area contributed by atoms with Crippen LogP contribution in [0.15, 0.2) is 4.51 Å². The van der Waals surface area contributed by atoms with Crippen LogP contribution in [0.5, 0.6) is 0 Å². The number of halogens is 1. The maximum Gasteiger partial charge on any atom is 0.248 e. The molecule has 1 rings (SSSR count). The second kappa shape index (κ2) is 2.46. The number of rotatable bonds is 0. The number of likely N-dealkylation sites (N-methyl/N-ethyl adjacent to an activating group) is 2. The summed E-state index contributed by atoms with van der Waals surface area (Å²) in [6, 6.07) is 0. The Kier molecular flexibility index (Phi) is 1.80. The van der Waals surface area contributed by atoms with Crippen LogP contribution in [0.25, 0.3) is 0 Å². The van der Waals surface area contributed by atoms with Gasteiger partial charge in [-0.3, -0.25) is 9.69 Å². The fraction of sp³-hybridized carbons (Fsp3) is 0.600. The van der Waals surface area contributed by atoms with Crippen molar-refractivity contribution >= 4 is 23.6 Å². The van der Waals surface area contributed by atoms with Crippen molar-refractivity contribution in [3.8, 4) is 0 Å². The van der Waals surface area contributed by atoms with Gasteiger partial charge in [-0.2, -0.15) is 0 Å². The SMILES string of the molecule is CN1CC(=O)N(C)C1=NCl. The summed E-state index contributed by atoms with van der Waals surface area (Å²) in [5.74, 6) is 0.522. The van der Waals surface area contributed by atoms with Crippen LogP contribution in [-0.2, 0) is 4.79 Å². The minimum absolute atomic E-state index is 0.0156. The molecule has 0 bridgehead atoms. The van der Waals surface area contributed by atoms with Gasteiger partial charge in [-0.15, -0.1) is 4.51 Å². The van der Waals surface area contributed by atoms with E-state index in [1.165, 1.54) is 4.90 Å². The lowest BCUT2D eigenvalue weighted by atomic mass is 10.6. The Balaban J connectivity index is 2.84. The van der Waals surface area contributed by atoms with Gasteiger partial charge in [0.1, 0.15) is 6.54 Å². The van der Waals surface area contributed by atoms with Crippen LogP contribution in [0.2, 0.25) is 0 Å². The van der Waals surface area contributed by atoms with E-state index in [9.17, 15) is 4.79 Å². The minimum Gasteiger partial charge on any atom is -0.335 e. The summed E-state index contributed by atoms with van der Waals surface area (Å²) in [4.78, 5) is 14.0. The Hall–Kier alpha value is -0.770. The number of carbonyl (C=O) groups excluding carboxylic acids is 1. The molecule has 56 valence electrons. The molecule has 5 heteroatoms. The zero-order valence-electron chi connectivity index (χ0n) is 5.83. The van der Waals surface area contributed by atoms with Gasteiger partial charge in [0.25, 0.3) is 0 Å². The number of guanidine groups is 1. The molecule has 1 aliphatic rings. The standard InChI is InChI=1S/C5H8ClN3O/c1-8-3-4(10)9(2)5(8)7-6/h3H2,1-2H3. The number of amides is 1. The van der Waals surface area contributed by atoms with E-state index >= 15 is 0 Å². The average Bonchev–Trinajstić information content (AvgIpc) is 2.09. The number of hydrogen-bond donors (Lipinski definition) is 0. The smallest absolute Gasteiger partial charge is 0.248 e. The maximum absolute atomic E-state index is 10.9. The first kappa shape index (κ1) is 7.34. The van der Waals surface area contributed by atoms with Crippen molar-refractivity contribution in [2.75, 3.05) is 20.6 Å². The molecule has 0 aromatic rings. The molecule has 1 heterocycles. The quantitative estimate of drug-likeness (QED) is 0.498. The minimum atomic E-state index is 0.0156. The van der Waals surface area contributed by atoms with Crippen molar-refractivity contribution in [1.29, 1.82) is 0 Å². The van der Waals surface area contributed by atoms with Crippen molar-refractivity contribution in [2.45, 2.75) is 0 Å². The highest BCUT2D eigenvalue weighted by atomic mass is 35.5. The zero-order valence-corrected chi connectivity index (χ0v) is 6.59. The molecule has 0 aliphatic carbocycles. The van der Waals surface area contributed by atoms with Crippen LogP contribution in [0.4, 0.5) is 0 Å². The van der Waals surface area contributed by atoms with E-state index in [2.05, 4.69) is 4.51 Å². The first-order valence-electron chi connectivity index (χ1n) is 2.83. The Morgan fingerprint density at radius 1 is 1.60 bits per heavy atom. The Labute approximate surface area is 64.2 Å². The molecule has 0 aromatic carbocycles. The van der Waals surface area contributed by atoms with Gasteiger partial charge in [-0.25, -0.2) is 0 Å². The molecule has 4 nitrogen and oxygen atoms in total. The van der Waals surface area contributed by atoms with Gasteiger partial charge in [0.2, 0.25) is 11.9 Å². The molecule has 1 amide bonds. The highest BCUT2D eigenvalue weighted by Gasteiger charge is 2.27. The lowest BCUT2D eigenvalue weighted by Crippen LogP contribution is -2.28. The monoisotopic (exact) mass is 161 g/mol. The van der Waals surface area contributed by atoms with Crippen LogP contribution >= 0.6 is 11.8 Å². The van der Waals surface area contributed by atoms with E-state index in [-0.39, 0.29) is 5.91 Å². The van der Waals surface area contributed by atoms with Gasteiger partial charge in [0, 0.05) is 25.9 Å². The van der Waals surface area contributed by atoms with E-state index in [1.54, 1.807) is 19.0 Å². The van der Waals surface area contributed by atoms with E-state index in [1.807, 2.05) is 0 Å². The molecule has 0 unspecified atom stereocenters. The first-order chi connectivity index (χ1) is 4.66. The van der Waals surface area contributed by atoms with Crippen LogP contribution in [-0.4, -0.2) is 42.3 Å². The Morgan fingerprint density at radius 2 is 2.20 bits per heavy atom. The van der Waals surface area contributed by atoms with Crippen LogP contribution in [0.1, 0.15) is 0 Å². The molecular formula is C5H8ClN3O. The third-order valence-corrected chi connectivity index (χ3v) is 1.61. The topological polar surface area (TPSA) is 35.9 Å². The third-order valence-electron chi connectivity index (χ3n) is 1.46. The fourth-order valence-electron chi connectivity index (χ4n) is 0.868. The summed E-state index contributed by atoms with van der Waals surface area (Å²) in [6.07, 6.45) is 0. The van der Waals surface area contributed by atoms with Crippen molar-refractivity contribution in [2.24, 2.45) is 4.51 Å². The molecule has 0 saturated carbocycles. The molecule has 1 saturated heterocycles. The predicted octanol–water partition coefficient (Wildman–Crippen LogP) is -0.100. The predicted molar refractivity (Wildman–Crippen MR) is 38.7 cm³/mol. The van der Waals surface area contributed by atoms with E-state index in [0.29, 0.717) is 12.5 Å². The van der Waals surface area contributed by atoms with Crippen molar-refractivity contribution in [1.82, 2.24) is 9.80 Å². The Bertz CT molecular complexity index is 191. The lowest BCUT2D eigenvalue weighted by molar-refractivity contribution is -0.124. The van der Waals surface area contributed by atoms with Crippen molar-refractivity contribution in [3.05, 3.63) is 0 Å².